The molecule has 0 saturated carbocycles. The minimum Gasteiger partial charge on any atom is -0.311 e. The van der Waals surface area contributed by atoms with E-state index in [2.05, 4.69) is 334 Å². The largest absolute Gasteiger partial charge is 0.311 e. The van der Waals surface area contributed by atoms with E-state index in [9.17, 15) is 0 Å². The first kappa shape index (κ1) is 57.7. The Morgan fingerprint density at radius 2 is 0.653 bits per heavy atom. The summed E-state index contributed by atoms with van der Waals surface area (Å²) in [5.41, 5.74) is 26.0. The van der Waals surface area contributed by atoms with Crippen molar-refractivity contribution in [3.8, 4) is 90.6 Å². The maximum absolute atomic E-state index is 5.78. The van der Waals surface area contributed by atoms with Crippen LogP contribution in [0.1, 0.15) is 0 Å². The molecule has 470 valence electrons. The van der Waals surface area contributed by atoms with Crippen LogP contribution < -0.4 is 26.2 Å². The quantitative estimate of drug-likeness (QED) is 0.119. The Kier molecular flexibility index (Phi) is 13.5. The maximum atomic E-state index is 5.78. The molecule has 6 heterocycles. The molecule has 20 rings (SSSR count). The summed E-state index contributed by atoms with van der Waals surface area (Å²) in [5.74, 6) is 2.28. The Morgan fingerprint density at radius 1 is 0.228 bits per heavy atom. The molecule has 0 N–H and O–H groups in total. The van der Waals surface area contributed by atoms with Crippen LogP contribution >= 0.6 is 0 Å². The Labute approximate surface area is 583 Å². The third kappa shape index (κ3) is 9.52. The second kappa shape index (κ2) is 23.6. The molecule has 10 heteroatoms. The lowest BCUT2D eigenvalue weighted by Crippen LogP contribution is -2.61. The summed E-state index contributed by atoms with van der Waals surface area (Å²) in [4.78, 5) is 32.0. The van der Waals surface area contributed by atoms with E-state index >= 15 is 0 Å². The molecule has 18 aromatic rings. The number of benzene rings is 14. The Morgan fingerprint density at radius 3 is 1.26 bits per heavy atom. The van der Waals surface area contributed by atoms with Crippen LogP contribution in [0.15, 0.2) is 352 Å². The topological polar surface area (TPSA) is 80.8 Å². The van der Waals surface area contributed by atoms with Gasteiger partial charge in [0.05, 0.1) is 44.8 Å². The average molecular weight is 1290 g/mol. The standard InChI is InChI=1S/C91H58BN9/c1-7-27-60(28-8-1)76-57-77(94-88(93-76)63-49-47-59(48-50-63)68-52-54-83-86-87(68)100(67-37-17-6-18-38-67)82-46-26-22-42-75(82)92(86)74-41-21-25-45-81(74)99(83)66-35-15-5-16-36-66)73-55-64(91-96-89(61-29-9-2-10-30-61)95-90(97-91)62-31-11-3-12-32-62)51-53-80(73)101-79-44-24-20-40-70(79)72-56-71-69-39-19-23-43-78(69)98(84(71)58-85(72)101)65-33-13-4-14-34-65/h1-58H. The van der Waals surface area contributed by atoms with Gasteiger partial charge in [0, 0.05) is 94.6 Å². The predicted octanol–water partition coefficient (Wildman–Crippen LogP) is 20.6. The van der Waals surface area contributed by atoms with Crippen molar-refractivity contribution in [2.75, 3.05) is 9.80 Å². The van der Waals surface area contributed by atoms with Gasteiger partial charge in [-0.1, -0.05) is 249 Å². The van der Waals surface area contributed by atoms with Gasteiger partial charge in [-0.25, -0.2) is 24.9 Å². The normalized spacial score (nSPS) is 12.3. The second-order valence-electron chi connectivity index (χ2n) is 25.9. The zero-order valence-corrected chi connectivity index (χ0v) is 54.6. The van der Waals surface area contributed by atoms with Crippen LogP contribution in [0.3, 0.4) is 0 Å². The smallest absolute Gasteiger partial charge is 0.252 e. The van der Waals surface area contributed by atoms with Gasteiger partial charge in [-0.15, -0.1) is 0 Å². The molecule has 0 saturated heterocycles. The molecule has 9 nitrogen and oxygen atoms in total. The molecule has 4 aromatic heterocycles. The highest BCUT2D eigenvalue weighted by atomic mass is 15.2. The number of fused-ring (bicyclic) bond motifs is 10. The monoisotopic (exact) mass is 1290 g/mol. The summed E-state index contributed by atoms with van der Waals surface area (Å²) in [6, 6.07) is 126. The lowest BCUT2D eigenvalue weighted by atomic mass is 9.33. The maximum Gasteiger partial charge on any atom is 0.252 e. The molecule has 0 amide bonds. The second-order valence-corrected chi connectivity index (χ2v) is 25.9. The van der Waals surface area contributed by atoms with E-state index in [0.717, 1.165) is 129 Å². The van der Waals surface area contributed by atoms with Crippen LogP contribution in [0.25, 0.3) is 134 Å². The summed E-state index contributed by atoms with van der Waals surface area (Å²) in [7, 11) is 0. The Balaban J connectivity index is 0.812. The fourth-order valence-corrected chi connectivity index (χ4v) is 15.7. The molecule has 0 radical (unpaired) electrons. The van der Waals surface area contributed by atoms with Crippen molar-refractivity contribution < 1.29 is 0 Å². The van der Waals surface area contributed by atoms with Gasteiger partial charge in [-0.3, -0.25) is 0 Å². The first-order valence-corrected chi connectivity index (χ1v) is 34.3. The first-order chi connectivity index (χ1) is 50.1. The third-order valence-electron chi connectivity index (χ3n) is 20.2. The minimum absolute atomic E-state index is 0.0334. The number of hydrogen-bond donors (Lipinski definition) is 0. The van der Waals surface area contributed by atoms with Crippen LogP contribution in [-0.4, -0.2) is 40.8 Å². The van der Waals surface area contributed by atoms with Crippen molar-refractivity contribution in [3.63, 3.8) is 0 Å². The molecule has 0 bridgehead atoms. The van der Waals surface area contributed by atoms with Crippen LogP contribution in [0.2, 0.25) is 0 Å². The van der Waals surface area contributed by atoms with E-state index < -0.39 is 0 Å². The summed E-state index contributed by atoms with van der Waals surface area (Å²) in [6.07, 6.45) is 0. The van der Waals surface area contributed by atoms with Crippen molar-refractivity contribution in [1.82, 2.24) is 34.1 Å². The third-order valence-corrected chi connectivity index (χ3v) is 20.2. The van der Waals surface area contributed by atoms with Crippen molar-refractivity contribution >= 4 is 101 Å². The van der Waals surface area contributed by atoms with E-state index in [-0.39, 0.29) is 6.71 Å². The highest BCUT2D eigenvalue weighted by molar-refractivity contribution is 7.00. The zero-order valence-electron chi connectivity index (χ0n) is 54.6. The van der Waals surface area contributed by atoms with Crippen LogP contribution in [0.4, 0.5) is 34.1 Å². The molecule has 0 spiro atoms. The zero-order chi connectivity index (χ0) is 66.5. The SMILES string of the molecule is c1ccc(-c2cc(-c3cc(-c4nc(-c5ccccc5)nc(-c5ccccc5)n4)ccc3-n3c4ccccc4c4cc5c6ccccc6n(-c6ccccc6)c5cc43)nc(-c3ccc(-c4ccc5c6c4N(c4ccccc4)c4ccccc4B6c4ccccc4N5c4ccccc4)cc3)n2)cc1. The lowest BCUT2D eigenvalue weighted by molar-refractivity contribution is 1.07. The van der Waals surface area contributed by atoms with Crippen LogP contribution in [0, 0.1) is 0 Å². The van der Waals surface area contributed by atoms with Gasteiger partial charge in [0.2, 0.25) is 0 Å². The highest BCUT2D eigenvalue weighted by Crippen LogP contribution is 2.49. The van der Waals surface area contributed by atoms with Crippen molar-refractivity contribution in [3.05, 3.63) is 352 Å². The van der Waals surface area contributed by atoms with E-state index in [1.165, 1.54) is 32.8 Å². The van der Waals surface area contributed by atoms with Gasteiger partial charge in [0.1, 0.15) is 0 Å². The molecule has 0 fully saturated rings. The van der Waals surface area contributed by atoms with Crippen LogP contribution in [-0.2, 0) is 0 Å². The average Bonchev–Trinajstić information content (AvgIpc) is 0.883. The van der Waals surface area contributed by atoms with E-state index in [4.69, 9.17) is 24.9 Å². The van der Waals surface area contributed by atoms with Gasteiger partial charge in [-0.05, 0) is 125 Å². The molecule has 14 aromatic carbocycles. The van der Waals surface area contributed by atoms with Gasteiger partial charge in [0.25, 0.3) is 6.71 Å². The van der Waals surface area contributed by atoms with Crippen molar-refractivity contribution in [2.45, 2.75) is 0 Å². The van der Waals surface area contributed by atoms with Gasteiger partial charge >= 0.3 is 0 Å². The highest BCUT2D eigenvalue weighted by Gasteiger charge is 2.44. The Hall–Kier alpha value is -13.6. The summed E-state index contributed by atoms with van der Waals surface area (Å²) < 4.78 is 4.83. The van der Waals surface area contributed by atoms with Gasteiger partial charge in [0.15, 0.2) is 23.3 Å². The summed E-state index contributed by atoms with van der Waals surface area (Å²) >= 11 is 0. The molecule has 0 atom stereocenters. The number of para-hydroxylation sites is 7. The fraction of sp³-hybridized carbons (Fsp3) is 0. The van der Waals surface area contributed by atoms with Gasteiger partial charge in [-0.2, -0.15) is 0 Å². The van der Waals surface area contributed by atoms with Gasteiger partial charge < -0.3 is 18.9 Å². The summed E-state index contributed by atoms with van der Waals surface area (Å²) in [6.45, 7) is -0.0334. The number of aromatic nitrogens is 7. The Bertz CT molecular complexity index is 6200. The molecule has 101 heavy (non-hydrogen) atoms. The van der Waals surface area contributed by atoms with E-state index in [1.807, 2.05) is 36.4 Å². The first-order valence-electron chi connectivity index (χ1n) is 34.3. The molecular weight excluding hydrogens is 1230 g/mol. The molecular formula is C91H58BN9. The fourth-order valence-electron chi connectivity index (χ4n) is 15.7. The van der Waals surface area contributed by atoms with E-state index in [1.54, 1.807) is 0 Å². The molecule has 2 aliphatic rings. The molecule has 0 unspecified atom stereocenters. The summed E-state index contributed by atoms with van der Waals surface area (Å²) in [5, 5.41) is 4.66. The molecule has 0 aliphatic carbocycles. The lowest BCUT2D eigenvalue weighted by Gasteiger charge is -2.45. The predicted molar refractivity (Wildman–Crippen MR) is 416 cm³/mol. The number of hydrogen-bond acceptors (Lipinski definition) is 7. The number of rotatable bonds is 11. The molecule has 2 aliphatic heterocycles. The van der Waals surface area contributed by atoms with Crippen molar-refractivity contribution in [1.29, 1.82) is 0 Å². The number of anilines is 6. The minimum atomic E-state index is -0.0334. The van der Waals surface area contributed by atoms with E-state index in [0.29, 0.717) is 23.3 Å². The number of nitrogens with zero attached hydrogens (tertiary/aromatic N) is 9. The van der Waals surface area contributed by atoms with Crippen molar-refractivity contribution in [2.24, 2.45) is 0 Å². The van der Waals surface area contributed by atoms with Crippen LogP contribution in [0.5, 0.6) is 0 Å².